The molecule has 1 aromatic heterocycles. The van der Waals surface area contributed by atoms with Gasteiger partial charge in [-0.15, -0.1) is 0 Å². The Kier molecular flexibility index (Phi) is 4.33. The third-order valence-electron chi connectivity index (χ3n) is 3.49. The van der Waals surface area contributed by atoms with Crippen LogP contribution in [0.1, 0.15) is 17.4 Å². The molecule has 0 bridgehead atoms. The molecule has 21 heavy (non-hydrogen) atoms. The highest BCUT2D eigenvalue weighted by atomic mass is 16.5. The predicted octanol–water partition coefficient (Wildman–Crippen LogP) is 1.47. The lowest BCUT2D eigenvalue weighted by Gasteiger charge is -2.25. The van der Waals surface area contributed by atoms with Gasteiger partial charge < -0.3 is 19.8 Å². The molecule has 2 atom stereocenters. The van der Waals surface area contributed by atoms with Gasteiger partial charge in [-0.1, -0.05) is 30.3 Å². The first kappa shape index (κ1) is 13.9. The summed E-state index contributed by atoms with van der Waals surface area (Å²) in [7, 11) is 0. The molecule has 2 unspecified atom stereocenters. The van der Waals surface area contributed by atoms with E-state index in [4.69, 9.17) is 9.15 Å². The first-order valence-electron chi connectivity index (χ1n) is 7.04. The lowest BCUT2D eigenvalue weighted by atomic mass is 10.0. The smallest absolute Gasteiger partial charge is 0.240 e. The van der Waals surface area contributed by atoms with E-state index in [1.54, 1.807) is 6.26 Å². The second kappa shape index (κ2) is 6.56. The molecule has 2 aromatic rings. The van der Waals surface area contributed by atoms with Crippen LogP contribution < -0.4 is 10.6 Å². The number of nitrogens with one attached hydrogen (secondary N) is 2. The maximum Gasteiger partial charge on any atom is 0.240 e. The Bertz CT molecular complexity index is 562. The van der Waals surface area contributed by atoms with Crippen LogP contribution in [0.4, 0.5) is 0 Å². The molecule has 2 N–H and O–H groups in total. The summed E-state index contributed by atoms with van der Waals surface area (Å²) in [4.78, 5) is 12.4. The first-order chi connectivity index (χ1) is 10.3. The normalized spacial score (nSPS) is 19.9. The Labute approximate surface area is 123 Å². The quantitative estimate of drug-likeness (QED) is 0.893. The van der Waals surface area contributed by atoms with Gasteiger partial charge in [0.05, 0.1) is 19.5 Å². The molecule has 0 spiro atoms. The Morgan fingerprint density at radius 1 is 1.24 bits per heavy atom. The van der Waals surface area contributed by atoms with Gasteiger partial charge in [-0.3, -0.25) is 4.79 Å². The van der Waals surface area contributed by atoms with Crippen LogP contribution in [0.2, 0.25) is 0 Å². The fraction of sp³-hybridized carbons (Fsp3) is 0.312. The van der Waals surface area contributed by atoms with Gasteiger partial charge in [-0.2, -0.15) is 0 Å². The highest BCUT2D eigenvalue weighted by Gasteiger charge is 2.26. The van der Waals surface area contributed by atoms with E-state index in [1.165, 1.54) is 0 Å². The zero-order valence-corrected chi connectivity index (χ0v) is 11.6. The van der Waals surface area contributed by atoms with E-state index < -0.39 is 0 Å². The molecule has 3 rings (SSSR count). The number of amides is 1. The second-order valence-corrected chi connectivity index (χ2v) is 4.95. The zero-order chi connectivity index (χ0) is 14.5. The average Bonchev–Trinajstić information content (AvgIpc) is 3.08. The summed E-state index contributed by atoms with van der Waals surface area (Å²) in [6, 6.07) is 12.8. The fourth-order valence-corrected chi connectivity index (χ4v) is 2.40. The minimum atomic E-state index is -0.320. The molecule has 0 aliphatic carbocycles. The molecule has 1 saturated heterocycles. The Hall–Kier alpha value is -2.11. The summed E-state index contributed by atoms with van der Waals surface area (Å²) in [6.07, 6.45) is 1.61. The minimum Gasteiger partial charge on any atom is -0.467 e. The van der Waals surface area contributed by atoms with Crippen molar-refractivity contribution in [1.29, 1.82) is 0 Å². The Balaban J connectivity index is 1.78. The SMILES string of the molecule is O=C(NC(c1ccccc1)c1ccco1)C1COCCN1. The van der Waals surface area contributed by atoms with E-state index in [0.717, 1.165) is 5.56 Å². The van der Waals surface area contributed by atoms with Crippen molar-refractivity contribution in [3.8, 4) is 0 Å². The van der Waals surface area contributed by atoms with Gasteiger partial charge in [0.25, 0.3) is 0 Å². The van der Waals surface area contributed by atoms with Gasteiger partial charge in [0.15, 0.2) is 0 Å². The largest absolute Gasteiger partial charge is 0.467 e. The van der Waals surface area contributed by atoms with E-state index in [9.17, 15) is 4.79 Å². The van der Waals surface area contributed by atoms with Gasteiger partial charge in [-0.25, -0.2) is 0 Å². The highest BCUT2D eigenvalue weighted by Crippen LogP contribution is 2.22. The molecule has 1 aliphatic rings. The van der Waals surface area contributed by atoms with Crippen LogP contribution >= 0.6 is 0 Å². The molecular weight excluding hydrogens is 268 g/mol. The van der Waals surface area contributed by atoms with Gasteiger partial charge in [0, 0.05) is 6.54 Å². The molecule has 5 heteroatoms. The summed E-state index contributed by atoms with van der Waals surface area (Å²) in [5, 5.41) is 6.18. The van der Waals surface area contributed by atoms with Crippen molar-refractivity contribution in [2.75, 3.05) is 19.8 Å². The molecule has 2 heterocycles. The van der Waals surface area contributed by atoms with Crippen LogP contribution in [0, 0.1) is 0 Å². The van der Waals surface area contributed by atoms with Crippen molar-refractivity contribution < 1.29 is 13.9 Å². The molecule has 0 radical (unpaired) electrons. The topological polar surface area (TPSA) is 63.5 Å². The van der Waals surface area contributed by atoms with E-state index in [-0.39, 0.29) is 18.0 Å². The first-order valence-corrected chi connectivity index (χ1v) is 7.04. The highest BCUT2D eigenvalue weighted by molar-refractivity contribution is 5.82. The third kappa shape index (κ3) is 3.32. The van der Waals surface area contributed by atoms with Gasteiger partial charge in [0.2, 0.25) is 5.91 Å². The van der Waals surface area contributed by atoms with E-state index in [0.29, 0.717) is 25.5 Å². The van der Waals surface area contributed by atoms with Crippen molar-refractivity contribution >= 4 is 5.91 Å². The molecule has 110 valence electrons. The maximum absolute atomic E-state index is 12.4. The van der Waals surface area contributed by atoms with Crippen molar-refractivity contribution in [1.82, 2.24) is 10.6 Å². The third-order valence-corrected chi connectivity index (χ3v) is 3.49. The summed E-state index contributed by atoms with van der Waals surface area (Å²) >= 11 is 0. The number of hydrogen-bond donors (Lipinski definition) is 2. The predicted molar refractivity (Wildman–Crippen MR) is 77.7 cm³/mol. The Morgan fingerprint density at radius 3 is 2.76 bits per heavy atom. The van der Waals surface area contributed by atoms with Crippen LogP contribution in [0.15, 0.2) is 53.1 Å². The minimum absolute atomic E-state index is 0.0834. The van der Waals surface area contributed by atoms with E-state index >= 15 is 0 Å². The number of carbonyl (C=O) groups excluding carboxylic acids is 1. The molecule has 1 aliphatic heterocycles. The monoisotopic (exact) mass is 286 g/mol. The number of furan rings is 1. The van der Waals surface area contributed by atoms with Crippen LogP contribution in [-0.4, -0.2) is 31.7 Å². The van der Waals surface area contributed by atoms with Crippen molar-refractivity contribution in [3.05, 3.63) is 60.1 Å². The number of benzene rings is 1. The molecule has 1 amide bonds. The number of carbonyl (C=O) groups is 1. The van der Waals surface area contributed by atoms with Crippen LogP contribution in [-0.2, 0) is 9.53 Å². The number of hydrogen-bond acceptors (Lipinski definition) is 4. The lowest BCUT2D eigenvalue weighted by Crippen LogP contribution is -2.51. The zero-order valence-electron chi connectivity index (χ0n) is 11.6. The van der Waals surface area contributed by atoms with Gasteiger partial charge in [0.1, 0.15) is 17.8 Å². The molecule has 1 fully saturated rings. The average molecular weight is 286 g/mol. The number of ether oxygens (including phenoxy) is 1. The number of rotatable bonds is 4. The summed E-state index contributed by atoms with van der Waals surface area (Å²) in [5.74, 6) is 0.631. The fourth-order valence-electron chi connectivity index (χ4n) is 2.40. The summed E-state index contributed by atoms with van der Waals surface area (Å²) < 4.78 is 10.8. The maximum atomic E-state index is 12.4. The van der Waals surface area contributed by atoms with Crippen molar-refractivity contribution in [2.24, 2.45) is 0 Å². The van der Waals surface area contributed by atoms with Gasteiger partial charge >= 0.3 is 0 Å². The van der Waals surface area contributed by atoms with Crippen LogP contribution in [0.3, 0.4) is 0 Å². The standard InChI is InChI=1S/C16H18N2O3/c19-16(13-11-20-10-8-17-13)18-15(14-7-4-9-21-14)12-5-2-1-3-6-12/h1-7,9,13,15,17H,8,10-11H2,(H,18,19). The molecule has 5 nitrogen and oxygen atoms in total. The molecule has 0 saturated carbocycles. The summed E-state index contributed by atoms with van der Waals surface area (Å²) in [6.45, 7) is 1.73. The Morgan fingerprint density at radius 2 is 2.10 bits per heavy atom. The van der Waals surface area contributed by atoms with Crippen LogP contribution in [0.5, 0.6) is 0 Å². The van der Waals surface area contributed by atoms with Crippen LogP contribution in [0.25, 0.3) is 0 Å². The molecular formula is C16H18N2O3. The van der Waals surface area contributed by atoms with Crippen molar-refractivity contribution in [2.45, 2.75) is 12.1 Å². The number of morpholine rings is 1. The van der Waals surface area contributed by atoms with Crippen molar-refractivity contribution in [3.63, 3.8) is 0 Å². The second-order valence-electron chi connectivity index (χ2n) is 4.95. The molecule has 1 aromatic carbocycles. The van der Waals surface area contributed by atoms with E-state index in [1.807, 2.05) is 42.5 Å². The van der Waals surface area contributed by atoms with E-state index in [2.05, 4.69) is 10.6 Å². The van der Waals surface area contributed by atoms with Gasteiger partial charge in [-0.05, 0) is 17.7 Å². The lowest BCUT2D eigenvalue weighted by molar-refractivity contribution is -0.126. The summed E-state index contributed by atoms with van der Waals surface area (Å²) in [5.41, 5.74) is 0.984.